The highest BCUT2D eigenvalue weighted by atomic mass is 35.5. The van der Waals surface area contributed by atoms with Crippen LogP contribution in [0.3, 0.4) is 0 Å². The molecule has 0 saturated carbocycles. The minimum absolute atomic E-state index is 0.0330. The summed E-state index contributed by atoms with van der Waals surface area (Å²) in [6.45, 7) is 2.50. The number of rotatable bonds is 1. The molecule has 6 heteroatoms. The molecule has 5 nitrogen and oxygen atoms in total. The minimum Gasteiger partial charge on any atom is -0.478 e. The predicted octanol–water partition coefficient (Wildman–Crippen LogP) is 1.39. The van der Waals surface area contributed by atoms with Gasteiger partial charge >= 0.3 is 5.97 Å². The Labute approximate surface area is 98.6 Å². The quantitative estimate of drug-likeness (QED) is 0.649. The molecule has 1 aliphatic heterocycles. The minimum atomic E-state index is -1.10. The second kappa shape index (κ2) is 6.30. The van der Waals surface area contributed by atoms with E-state index in [1.807, 2.05) is 0 Å². The molecule has 1 saturated heterocycles. The Kier molecular flexibility index (Phi) is 5.01. The standard InChI is InChI=1S/C6H5ClN2O2.C4H9N/c7-5-1-4(8)3(2-9-5)6(10)11;1-2-4-5-3-1/h1-2H,(H2,8,9)(H,10,11);5H,1-4H2. The number of halogens is 1. The molecule has 0 radical (unpaired) electrons. The van der Waals surface area contributed by atoms with E-state index in [9.17, 15) is 4.79 Å². The van der Waals surface area contributed by atoms with Gasteiger partial charge in [0.05, 0.1) is 5.69 Å². The van der Waals surface area contributed by atoms with Crippen LogP contribution in [-0.4, -0.2) is 29.1 Å². The number of hydrogen-bond donors (Lipinski definition) is 3. The zero-order valence-electron chi connectivity index (χ0n) is 8.74. The molecule has 16 heavy (non-hydrogen) atoms. The molecule has 1 aromatic heterocycles. The zero-order valence-corrected chi connectivity index (χ0v) is 9.50. The summed E-state index contributed by atoms with van der Waals surface area (Å²) in [6, 6.07) is 1.30. The van der Waals surface area contributed by atoms with Crippen LogP contribution in [-0.2, 0) is 0 Å². The molecule has 0 spiro atoms. The fourth-order valence-electron chi connectivity index (χ4n) is 1.25. The smallest absolute Gasteiger partial charge is 0.339 e. The topological polar surface area (TPSA) is 88.2 Å². The lowest BCUT2D eigenvalue weighted by molar-refractivity contribution is 0.0697. The summed E-state index contributed by atoms with van der Waals surface area (Å²) in [5.74, 6) is -1.10. The van der Waals surface area contributed by atoms with E-state index in [2.05, 4.69) is 10.3 Å². The number of aromatic nitrogens is 1. The Balaban J connectivity index is 0.000000212. The van der Waals surface area contributed by atoms with Crippen LogP contribution in [0.5, 0.6) is 0 Å². The number of carboxylic acid groups (broad SMARTS) is 1. The van der Waals surface area contributed by atoms with Crippen LogP contribution in [0.15, 0.2) is 12.3 Å². The Morgan fingerprint density at radius 1 is 1.50 bits per heavy atom. The number of hydrogen-bond acceptors (Lipinski definition) is 4. The third kappa shape index (κ3) is 4.04. The maximum Gasteiger partial charge on any atom is 0.339 e. The molecule has 0 bridgehead atoms. The van der Waals surface area contributed by atoms with E-state index in [1.165, 1.54) is 32.0 Å². The molecule has 1 aliphatic rings. The first-order chi connectivity index (χ1) is 7.61. The van der Waals surface area contributed by atoms with Crippen LogP contribution in [0.4, 0.5) is 5.69 Å². The monoisotopic (exact) mass is 243 g/mol. The Bertz CT molecular complexity index is 359. The molecule has 0 aromatic carbocycles. The van der Waals surface area contributed by atoms with Crippen molar-refractivity contribution >= 4 is 23.3 Å². The number of aromatic carboxylic acids is 1. The average molecular weight is 244 g/mol. The largest absolute Gasteiger partial charge is 0.478 e. The number of anilines is 1. The first-order valence-electron chi connectivity index (χ1n) is 4.96. The van der Waals surface area contributed by atoms with Crippen molar-refractivity contribution in [3.05, 3.63) is 23.0 Å². The summed E-state index contributed by atoms with van der Waals surface area (Å²) in [5.41, 5.74) is 5.41. The van der Waals surface area contributed by atoms with E-state index < -0.39 is 5.97 Å². The molecule has 1 fully saturated rings. The summed E-state index contributed by atoms with van der Waals surface area (Å²) in [4.78, 5) is 13.9. The van der Waals surface area contributed by atoms with E-state index in [4.69, 9.17) is 22.4 Å². The lowest BCUT2D eigenvalue weighted by atomic mass is 10.2. The van der Waals surface area contributed by atoms with Crippen molar-refractivity contribution in [2.24, 2.45) is 0 Å². The highest BCUT2D eigenvalue weighted by Gasteiger charge is 2.07. The third-order valence-electron chi connectivity index (χ3n) is 2.09. The van der Waals surface area contributed by atoms with Gasteiger partial charge in [-0.05, 0) is 32.0 Å². The summed E-state index contributed by atoms with van der Waals surface area (Å²) in [5, 5.41) is 11.9. The van der Waals surface area contributed by atoms with Gasteiger partial charge in [0.1, 0.15) is 10.7 Å². The van der Waals surface area contributed by atoms with Crippen LogP contribution in [0.2, 0.25) is 5.15 Å². The van der Waals surface area contributed by atoms with Gasteiger partial charge in [-0.1, -0.05) is 11.6 Å². The number of nitrogen functional groups attached to an aromatic ring is 1. The van der Waals surface area contributed by atoms with Crippen molar-refractivity contribution in [1.82, 2.24) is 10.3 Å². The number of nitrogens with two attached hydrogens (primary N) is 1. The van der Waals surface area contributed by atoms with E-state index in [1.54, 1.807) is 0 Å². The third-order valence-corrected chi connectivity index (χ3v) is 2.30. The van der Waals surface area contributed by atoms with E-state index in [0.717, 1.165) is 6.20 Å². The summed E-state index contributed by atoms with van der Waals surface area (Å²) in [6.07, 6.45) is 3.90. The van der Waals surface area contributed by atoms with Gasteiger partial charge in [0.15, 0.2) is 0 Å². The summed E-state index contributed by atoms with van der Waals surface area (Å²) >= 11 is 5.44. The van der Waals surface area contributed by atoms with E-state index in [0.29, 0.717) is 0 Å². The van der Waals surface area contributed by atoms with Gasteiger partial charge in [0, 0.05) is 6.20 Å². The van der Waals surface area contributed by atoms with Crippen molar-refractivity contribution in [2.45, 2.75) is 12.8 Å². The fourth-order valence-corrected chi connectivity index (χ4v) is 1.41. The van der Waals surface area contributed by atoms with Gasteiger partial charge in [-0.25, -0.2) is 9.78 Å². The molecule has 0 amide bonds. The van der Waals surface area contributed by atoms with Gasteiger partial charge in [-0.2, -0.15) is 0 Å². The van der Waals surface area contributed by atoms with Crippen molar-refractivity contribution in [1.29, 1.82) is 0 Å². The number of carbonyl (C=O) groups is 1. The fraction of sp³-hybridized carbons (Fsp3) is 0.400. The first-order valence-corrected chi connectivity index (χ1v) is 5.34. The van der Waals surface area contributed by atoms with E-state index in [-0.39, 0.29) is 16.4 Å². The molecule has 1 aromatic rings. The lowest BCUT2D eigenvalue weighted by Crippen LogP contribution is -2.03. The Morgan fingerprint density at radius 2 is 2.12 bits per heavy atom. The molecule has 88 valence electrons. The molecule has 0 atom stereocenters. The van der Waals surface area contributed by atoms with Crippen molar-refractivity contribution in [2.75, 3.05) is 18.8 Å². The molecule has 2 heterocycles. The first kappa shape index (κ1) is 12.7. The van der Waals surface area contributed by atoms with Crippen molar-refractivity contribution in [3.8, 4) is 0 Å². The van der Waals surface area contributed by atoms with Gasteiger partial charge in [-0.15, -0.1) is 0 Å². The maximum absolute atomic E-state index is 10.4. The number of carboxylic acids is 1. The van der Waals surface area contributed by atoms with Gasteiger partial charge in [-0.3, -0.25) is 0 Å². The van der Waals surface area contributed by atoms with Crippen LogP contribution >= 0.6 is 11.6 Å². The second-order valence-corrected chi connectivity index (χ2v) is 3.74. The highest BCUT2D eigenvalue weighted by molar-refractivity contribution is 6.29. The predicted molar refractivity (Wildman–Crippen MR) is 62.7 cm³/mol. The van der Waals surface area contributed by atoms with Gasteiger partial charge < -0.3 is 16.2 Å². The number of pyridine rings is 1. The second-order valence-electron chi connectivity index (χ2n) is 3.36. The highest BCUT2D eigenvalue weighted by Crippen LogP contribution is 2.14. The molecular formula is C10H14ClN3O2. The lowest BCUT2D eigenvalue weighted by Gasteiger charge is -1.98. The van der Waals surface area contributed by atoms with Crippen LogP contribution in [0.1, 0.15) is 23.2 Å². The summed E-state index contributed by atoms with van der Waals surface area (Å²) in [7, 11) is 0. The number of nitrogens with zero attached hydrogens (tertiary/aromatic N) is 1. The van der Waals surface area contributed by atoms with Crippen LogP contribution in [0.25, 0.3) is 0 Å². The van der Waals surface area contributed by atoms with Crippen molar-refractivity contribution < 1.29 is 9.90 Å². The molecule has 0 aliphatic carbocycles. The molecular weight excluding hydrogens is 230 g/mol. The number of nitrogens with one attached hydrogen (secondary N) is 1. The summed E-state index contributed by atoms with van der Waals surface area (Å²) < 4.78 is 0. The van der Waals surface area contributed by atoms with E-state index >= 15 is 0 Å². The molecule has 4 N–H and O–H groups in total. The normalized spacial score (nSPS) is 14.1. The van der Waals surface area contributed by atoms with Gasteiger partial charge in [0.2, 0.25) is 0 Å². The Morgan fingerprint density at radius 3 is 2.50 bits per heavy atom. The average Bonchev–Trinajstić information content (AvgIpc) is 2.74. The Hall–Kier alpha value is -1.33. The van der Waals surface area contributed by atoms with Crippen LogP contribution in [0, 0.1) is 0 Å². The SMILES string of the molecule is C1CCNC1.Nc1cc(Cl)ncc1C(=O)O. The molecule has 0 unspecified atom stereocenters. The van der Waals surface area contributed by atoms with Crippen molar-refractivity contribution in [3.63, 3.8) is 0 Å². The molecule has 2 rings (SSSR count). The van der Waals surface area contributed by atoms with Crippen LogP contribution < -0.4 is 11.1 Å². The van der Waals surface area contributed by atoms with Gasteiger partial charge in [0.25, 0.3) is 0 Å². The maximum atomic E-state index is 10.4. The zero-order chi connectivity index (χ0) is 12.0.